The highest BCUT2D eigenvalue weighted by atomic mass is 16.7. The Morgan fingerprint density at radius 1 is 1.09 bits per heavy atom. The Kier molecular flexibility index (Phi) is 5.52. The number of hydrogen-bond acceptors (Lipinski definition) is 8. The molecule has 2 atom stereocenters. The molecule has 1 fully saturated rings. The van der Waals surface area contributed by atoms with Crippen LogP contribution in [0, 0.1) is 0 Å². The van der Waals surface area contributed by atoms with Gasteiger partial charge in [-0.15, -0.1) is 0 Å². The van der Waals surface area contributed by atoms with Crippen LogP contribution >= 0.6 is 0 Å². The predicted molar refractivity (Wildman–Crippen MR) is 127 cm³/mol. The first-order chi connectivity index (χ1) is 17.0. The monoisotopic (exact) mass is 480 g/mol. The zero-order valence-electron chi connectivity index (χ0n) is 19.8. The number of methoxy groups -OCH3 is 2. The highest BCUT2D eigenvalue weighted by molar-refractivity contribution is 6.21. The van der Waals surface area contributed by atoms with Gasteiger partial charge in [-0.2, -0.15) is 0 Å². The van der Waals surface area contributed by atoms with E-state index in [0.29, 0.717) is 50.7 Å². The summed E-state index contributed by atoms with van der Waals surface area (Å²) in [7, 11) is 3.26. The second-order valence-electron chi connectivity index (χ2n) is 9.30. The normalized spacial score (nSPS) is 24.4. The van der Waals surface area contributed by atoms with Crippen molar-refractivity contribution in [3.63, 3.8) is 0 Å². The van der Waals surface area contributed by atoms with Gasteiger partial charge in [0, 0.05) is 43.7 Å². The molecular weight excluding hydrogens is 452 g/mol. The number of nitrogens with zero attached hydrogens (tertiary/aromatic N) is 1. The number of aromatic amines is 1. The molecule has 0 radical (unpaired) electrons. The van der Waals surface area contributed by atoms with Gasteiger partial charge in [-0.1, -0.05) is 0 Å². The minimum absolute atomic E-state index is 0.114. The molecule has 4 aliphatic rings. The van der Waals surface area contributed by atoms with Crippen LogP contribution in [0.25, 0.3) is 23.4 Å². The minimum atomic E-state index is -0.813. The smallest absolute Gasteiger partial charge is 0.256 e. The van der Waals surface area contributed by atoms with E-state index in [2.05, 4.69) is 9.88 Å². The molecule has 1 aromatic carbocycles. The van der Waals surface area contributed by atoms with Crippen LogP contribution < -0.4 is 25.5 Å². The second-order valence-corrected chi connectivity index (χ2v) is 9.30. The van der Waals surface area contributed by atoms with E-state index in [1.807, 2.05) is 12.2 Å². The molecule has 1 saturated heterocycles. The van der Waals surface area contributed by atoms with Gasteiger partial charge in [0.15, 0.2) is 17.3 Å². The number of morpholine rings is 1. The number of fused-ring (bicyclic) bond motifs is 6. The van der Waals surface area contributed by atoms with E-state index in [1.165, 1.54) is 0 Å². The number of ether oxygens (including phenoxy) is 5. The first kappa shape index (κ1) is 22.5. The fraction of sp³-hybridized carbons (Fsp3) is 0.462. The zero-order valence-corrected chi connectivity index (χ0v) is 19.8. The number of hydrogen-bond donors (Lipinski definition) is 1. The van der Waals surface area contributed by atoms with Crippen molar-refractivity contribution < 1.29 is 28.5 Å². The van der Waals surface area contributed by atoms with Gasteiger partial charge in [0.05, 0.1) is 24.5 Å². The van der Waals surface area contributed by atoms with Crippen LogP contribution in [0.3, 0.4) is 0 Å². The van der Waals surface area contributed by atoms with Gasteiger partial charge in [-0.25, -0.2) is 0 Å². The summed E-state index contributed by atoms with van der Waals surface area (Å²) >= 11 is 0. The van der Waals surface area contributed by atoms with Gasteiger partial charge in [-0.05, 0) is 48.9 Å². The fourth-order valence-corrected chi connectivity index (χ4v) is 5.64. The first-order valence-corrected chi connectivity index (χ1v) is 11.9. The molecule has 2 aromatic rings. The van der Waals surface area contributed by atoms with E-state index < -0.39 is 11.7 Å². The van der Waals surface area contributed by atoms with Crippen molar-refractivity contribution in [1.29, 1.82) is 0 Å². The summed E-state index contributed by atoms with van der Waals surface area (Å²) in [6, 6.07) is 3.45. The number of rotatable bonds is 6. The summed E-state index contributed by atoms with van der Waals surface area (Å²) < 4.78 is 28.3. The van der Waals surface area contributed by atoms with Gasteiger partial charge in [0.2, 0.25) is 6.79 Å². The molecule has 1 aromatic heterocycles. The number of carbonyl (C=O) groups excluding carboxylic acids is 1. The van der Waals surface area contributed by atoms with E-state index >= 15 is 0 Å². The Morgan fingerprint density at radius 2 is 1.83 bits per heavy atom. The van der Waals surface area contributed by atoms with Crippen molar-refractivity contribution in [2.75, 3.05) is 53.9 Å². The molecule has 0 amide bonds. The van der Waals surface area contributed by atoms with Crippen molar-refractivity contribution in [2.45, 2.75) is 24.5 Å². The third-order valence-corrected chi connectivity index (χ3v) is 7.51. The first-order valence-electron chi connectivity index (χ1n) is 11.9. The van der Waals surface area contributed by atoms with E-state index in [4.69, 9.17) is 23.7 Å². The topological polar surface area (TPSA) is 99.3 Å². The van der Waals surface area contributed by atoms with Gasteiger partial charge in [0.1, 0.15) is 11.7 Å². The molecule has 2 unspecified atom stereocenters. The molecule has 0 bridgehead atoms. The Labute approximate surface area is 201 Å². The molecule has 1 N–H and O–H groups in total. The molecule has 0 saturated carbocycles. The van der Waals surface area contributed by atoms with Crippen LogP contribution in [0.15, 0.2) is 16.9 Å². The lowest BCUT2D eigenvalue weighted by molar-refractivity contribution is -0.0562. The number of aromatic nitrogens is 1. The van der Waals surface area contributed by atoms with Crippen molar-refractivity contribution in [3.8, 4) is 22.8 Å². The molecule has 9 nitrogen and oxygen atoms in total. The Balaban J connectivity index is 1.41. The number of H-pyrrole nitrogens is 1. The van der Waals surface area contributed by atoms with Crippen molar-refractivity contribution >= 4 is 17.9 Å². The molecule has 35 heavy (non-hydrogen) atoms. The highest BCUT2D eigenvalue weighted by Gasteiger charge is 2.40. The summed E-state index contributed by atoms with van der Waals surface area (Å²) in [5.74, 6) is 0.939. The number of carbonyl (C=O) groups is 1. The van der Waals surface area contributed by atoms with Gasteiger partial charge < -0.3 is 28.7 Å². The quantitative estimate of drug-likeness (QED) is 0.542. The van der Waals surface area contributed by atoms with Gasteiger partial charge in [0.25, 0.3) is 5.56 Å². The number of pyridine rings is 1. The van der Waals surface area contributed by atoms with Crippen LogP contribution in [-0.2, 0) is 14.2 Å². The molecule has 184 valence electrons. The maximum Gasteiger partial charge on any atom is 0.256 e. The van der Waals surface area contributed by atoms with Crippen LogP contribution in [0.1, 0.15) is 28.8 Å². The Bertz CT molecular complexity index is 1380. The number of ketones is 1. The molecular formula is C26H28N2O7. The summed E-state index contributed by atoms with van der Waals surface area (Å²) in [4.78, 5) is 32.1. The van der Waals surface area contributed by atoms with Gasteiger partial charge in [-0.3, -0.25) is 14.5 Å². The summed E-state index contributed by atoms with van der Waals surface area (Å²) in [6.07, 6.45) is 4.79. The number of benzene rings is 1. The lowest BCUT2D eigenvalue weighted by Crippen LogP contribution is -2.55. The summed E-state index contributed by atoms with van der Waals surface area (Å²) in [6.45, 7) is 4.36. The average Bonchev–Trinajstić information content (AvgIpc) is 3.45. The van der Waals surface area contributed by atoms with Crippen molar-refractivity contribution in [1.82, 2.24) is 9.88 Å². The maximum absolute atomic E-state index is 13.5. The summed E-state index contributed by atoms with van der Waals surface area (Å²) in [5.41, 5.74) is 1.03. The van der Waals surface area contributed by atoms with Gasteiger partial charge >= 0.3 is 0 Å². The Morgan fingerprint density at radius 3 is 2.54 bits per heavy atom. The average molecular weight is 481 g/mol. The Hall–Kier alpha value is -2.98. The molecule has 2 aliphatic carbocycles. The third kappa shape index (κ3) is 3.53. The molecule has 3 heterocycles. The summed E-state index contributed by atoms with van der Waals surface area (Å²) in [5, 5.41) is 1.02. The van der Waals surface area contributed by atoms with Crippen LogP contribution in [0.2, 0.25) is 0 Å². The zero-order chi connectivity index (χ0) is 24.2. The lowest BCUT2D eigenvalue weighted by atomic mass is 9.84. The molecule has 2 aliphatic heterocycles. The highest BCUT2D eigenvalue weighted by Crippen LogP contribution is 2.42. The van der Waals surface area contributed by atoms with Crippen LogP contribution in [0.4, 0.5) is 0 Å². The van der Waals surface area contributed by atoms with Crippen molar-refractivity contribution in [2.24, 2.45) is 0 Å². The van der Waals surface area contributed by atoms with Crippen molar-refractivity contribution in [3.05, 3.63) is 44.1 Å². The lowest BCUT2D eigenvalue weighted by Gasteiger charge is -2.37. The van der Waals surface area contributed by atoms with Crippen LogP contribution in [-0.4, -0.2) is 81.2 Å². The molecule has 6 rings (SSSR count). The molecule has 0 spiro atoms. The van der Waals surface area contributed by atoms with E-state index in [1.54, 1.807) is 26.4 Å². The standard InChI is InChI=1S/C26H28N2O7/c1-31-21-12-15-18(13-26(21,32-2)4-3-5-28-6-8-33-9-7-28)25(30)27-23-16-10-19-20(35-14-34-19)11-17(16)24(29)22(15)23/h10-13,21H,3-9,14H2,1-2H3,(H,27,30). The maximum atomic E-state index is 13.5. The SMILES string of the molecule is COC1C=c2c3c([nH]c(=O)c2=CC1(CCCN1CCOCC1)OC)-c1cc2c(cc1C3=O)OCO2. The molecule has 9 heteroatoms. The third-order valence-electron chi connectivity index (χ3n) is 7.51. The van der Waals surface area contributed by atoms with E-state index in [9.17, 15) is 9.59 Å². The van der Waals surface area contributed by atoms with Crippen LogP contribution in [0.5, 0.6) is 11.5 Å². The van der Waals surface area contributed by atoms with E-state index in [0.717, 1.165) is 39.3 Å². The fourth-order valence-electron chi connectivity index (χ4n) is 5.64. The van der Waals surface area contributed by atoms with E-state index in [-0.39, 0.29) is 18.1 Å². The predicted octanol–water partition coefficient (Wildman–Crippen LogP) is 0.402. The number of nitrogens with one attached hydrogen (secondary N) is 1. The minimum Gasteiger partial charge on any atom is -0.454 e. The largest absolute Gasteiger partial charge is 0.454 e. The second kappa shape index (κ2) is 8.60.